The van der Waals surface area contributed by atoms with E-state index in [-0.39, 0.29) is 24.2 Å². The average molecular weight is 432 g/mol. The minimum atomic E-state index is -0.296. The summed E-state index contributed by atoms with van der Waals surface area (Å²) in [6, 6.07) is 20.7. The van der Waals surface area contributed by atoms with Gasteiger partial charge in [-0.05, 0) is 72.2 Å². The van der Waals surface area contributed by atoms with Crippen LogP contribution in [0.4, 0.5) is 10.1 Å². The molecule has 4 rings (SSSR count). The van der Waals surface area contributed by atoms with Gasteiger partial charge in [-0.3, -0.25) is 4.79 Å². The van der Waals surface area contributed by atoms with E-state index in [1.165, 1.54) is 17.2 Å². The topological polar surface area (TPSA) is 29.5 Å². The van der Waals surface area contributed by atoms with Crippen LogP contribution in [0.5, 0.6) is 5.75 Å². The average Bonchev–Trinajstić information content (AvgIpc) is 2.82. The van der Waals surface area contributed by atoms with Gasteiger partial charge in [0.05, 0.1) is 19.6 Å². The summed E-state index contributed by atoms with van der Waals surface area (Å²) in [6.45, 7) is 4.48. The van der Waals surface area contributed by atoms with Gasteiger partial charge in [0.15, 0.2) is 0 Å². The zero-order chi connectivity index (χ0) is 22.7. The van der Waals surface area contributed by atoms with Gasteiger partial charge < -0.3 is 9.64 Å². The Bertz CT molecular complexity index is 1090. The zero-order valence-electron chi connectivity index (χ0n) is 19.0. The molecule has 1 atom stereocenters. The maximum Gasteiger partial charge on any atom is 0.234 e. The van der Waals surface area contributed by atoms with Crippen LogP contribution in [0.15, 0.2) is 66.7 Å². The number of aryl methyl sites for hydroxylation is 1. The van der Waals surface area contributed by atoms with E-state index in [0.717, 1.165) is 36.3 Å². The highest BCUT2D eigenvalue weighted by molar-refractivity contribution is 5.98. The lowest BCUT2D eigenvalue weighted by Gasteiger charge is -2.31. The monoisotopic (exact) mass is 431 g/mol. The molecule has 3 aromatic carbocycles. The van der Waals surface area contributed by atoms with Crippen LogP contribution in [-0.2, 0) is 17.8 Å². The highest BCUT2D eigenvalue weighted by atomic mass is 19.1. The predicted octanol–water partition coefficient (Wildman–Crippen LogP) is 6.61. The number of methoxy groups -OCH3 is 1. The number of hydrogen-bond acceptors (Lipinski definition) is 2. The van der Waals surface area contributed by atoms with Gasteiger partial charge in [-0.15, -0.1) is 0 Å². The molecule has 0 radical (unpaired) electrons. The largest absolute Gasteiger partial charge is 0.497 e. The van der Waals surface area contributed by atoms with Crippen molar-refractivity contribution in [2.24, 2.45) is 0 Å². The fourth-order valence-corrected chi connectivity index (χ4v) is 4.48. The van der Waals surface area contributed by atoms with E-state index in [0.29, 0.717) is 11.5 Å². The first-order valence-electron chi connectivity index (χ1n) is 11.3. The molecule has 1 aliphatic rings. The highest BCUT2D eigenvalue weighted by Gasteiger charge is 2.31. The van der Waals surface area contributed by atoms with Gasteiger partial charge in [0.25, 0.3) is 0 Å². The molecular weight excluding hydrogens is 401 g/mol. The van der Waals surface area contributed by atoms with Crippen molar-refractivity contribution in [3.05, 3.63) is 94.8 Å². The molecule has 0 N–H and O–H groups in total. The Kier molecular flexibility index (Phi) is 6.59. The first-order valence-corrected chi connectivity index (χ1v) is 11.3. The summed E-state index contributed by atoms with van der Waals surface area (Å²) >= 11 is 0. The third kappa shape index (κ3) is 4.55. The maximum absolute atomic E-state index is 14.5. The van der Waals surface area contributed by atoms with Crippen molar-refractivity contribution in [3.8, 4) is 5.75 Å². The van der Waals surface area contributed by atoms with E-state index in [2.05, 4.69) is 32.0 Å². The van der Waals surface area contributed by atoms with Gasteiger partial charge in [-0.1, -0.05) is 50.2 Å². The van der Waals surface area contributed by atoms with Gasteiger partial charge in [0.2, 0.25) is 5.91 Å². The number of ether oxygens (including phenoxy) is 1. The van der Waals surface area contributed by atoms with E-state index >= 15 is 0 Å². The number of benzene rings is 3. The van der Waals surface area contributed by atoms with Gasteiger partial charge in [0.1, 0.15) is 11.6 Å². The fraction of sp³-hybridized carbons (Fsp3) is 0.321. The standard InChI is InChI=1S/C28H30FNO2/c1-19(2)20-11-14-23(15-12-20)30(18-22-7-4-5-10-27(22)29)28(31)25-9-6-8-21-13-16-24(32-3)17-26(21)25/h4-5,7,10-17,19,25H,6,8-9,18H2,1-3H3. The molecule has 0 heterocycles. The van der Waals surface area contributed by atoms with Crippen molar-refractivity contribution in [3.63, 3.8) is 0 Å². The molecule has 0 spiro atoms. The first-order chi connectivity index (χ1) is 15.5. The van der Waals surface area contributed by atoms with Crippen molar-refractivity contribution in [2.75, 3.05) is 12.0 Å². The normalized spacial score (nSPS) is 15.3. The number of hydrogen-bond donors (Lipinski definition) is 0. The quantitative estimate of drug-likeness (QED) is 0.439. The Hall–Kier alpha value is -3.14. The van der Waals surface area contributed by atoms with Crippen LogP contribution in [0.1, 0.15) is 60.8 Å². The van der Waals surface area contributed by atoms with Crippen LogP contribution < -0.4 is 9.64 Å². The number of rotatable bonds is 6. The summed E-state index contributed by atoms with van der Waals surface area (Å²) in [5, 5.41) is 0. The summed E-state index contributed by atoms with van der Waals surface area (Å²) in [7, 11) is 1.64. The lowest BCUT2D eigenvalue weighted by atomic mass is 9.81. The SMILES string of the molecule is COc1ccc2c(c1)C(C(=O)N(Cc1ccccc1F)c1ccc(C(C)C)cc1)CCC2. The molecule has 0 bridgehead atoms. The highest BCUT2D eigenvalue weighted by Crippen LogP contribution is 2.37. The molecule has 4 heteroatoms. The molecule has 0 aliphatic heterocycles. The van der Waals surface area contributed by atoms with Crippen LogP contribution in [0.2, 0.25) is 0 Å². The number of halogens is 1. The van der Waals surface area contributed by atoms with E-state index in [4.69, 9.17) is 4.74 Å². The van der Waals surface area contributed by atoms with Crippen LogP contribution in [0, 0.1) is 5.82 Å². The van der Waals surface area contributed by atoms with E-state index in [9.17, 15) is 9.18 Å². The third-order valence-electron chi connectivity index (χ3n) is 6.39. The van der Waals surface area contributed by atoms with Crippen LogP contribution in [0.3, 0.4) is 0 Å². The third-order valence-corrected chi connectivity index (χ3v) is 6.39. The van der Waals surface area contributed by atoms with Gasteiger partial charge in [-0.2, -0.15) is 0 Å². The molecule has 1 unspecified atom stereocenters. The second-order valence-corrected chi connectivity index (χ2v) is 8.77. The summed E-state index contributed by atoms with van der Waals surface area (Å²) < 4.78 is 20.0. The molecule has 1 aliphatic carbocycles. The number of carbonyl (C=O) groups is 1. The van der Waals surface area contributed by atoms with E-state index < -0.39 is 0 Å². The van der Waals surface area contributed by atoms with Crippen molar-refractivity contribution >= 4 is 11.6 Å². The molecule has 0 fully saturated rings. The number of fused-ring (bicyclic) bond motifs is 1. The van der Waals surface area contributed by atoms with Crippen LogP contribution in [-0.4, -0.2) is 13.0 Å². The van der Waals surface area contributed by atoms with Crippen molar-refractivity contribution in [1.29, 1.82) is 0 Å². The molecule has 32 heavy (non-hydrogen) atoms. The van der Waals surface area contributed by atoms with Crippen LogP contribution >= 0.6 is 0 Å². The van der Waals surface area contributed by atoms with Crippen LogP contribution in [0.25, 0.3) is 0 Å². The summed E-state index contributed by atoms with van der Waals surface area (Å²) in [5.41, 5.74) is 4.72. The molecule has 166 valence electrons. The zero-order valence-corrected chi connectivity index (χ0v) is 19.0. The molecular formula is C28H30FNO2. The number of carbonyl (C=O) groups excluding carboxylic acids is 1. The molecule has 0 saturated carbocycles. The number of anilines is 1. The van der Waals surface area contributed by atoms with Crippen molar-refractivity contribution < 1.29 is 13.9 Å². The van der Waals surface area contributed by atoms with E-state index in [1.54, 1.807) is 24.1 Å². The van der Waals surface area contributed by atoms with Gasteiger partial charge in [0, 0.05) is 11.3 Å². The Morgan fingerprint density at radius 2 is 1.84 bits per heavy atom. The Labute approximate surface area is 189 Å². The summed E-state index contributed by atoms with van der Waals surface area (Å²) in [4.78, 5) is 15.7. The summed E-state index contributed by atoms with van der Waals surface area (Å²) in [5.74, 6) is 0.586. The maximum atomic E-state index is 14.5. The second kappa shape index (κ2) is 9.56. The number of amides is 1. The van der Waals surface area contributed by atoms with Gasteiger partial charge >= 0.3 is 0 Å². The minimum absolute atomic E-state index is 0.000229. The molecule has 1 amide bonds. The van der Waals surface area contributed by atoms with Crippen molar-refractivity contribution in [2.45, 2.75) is 51.5 Å². The predicted molar refractivity (Wildman–Crippen MR) is 127 cm³/mol. The molecule has 3 aromatic rings. The molecule has 0 aromatic heterocycles. The minimum Gasteiger partial charge on any atom is -0.497 e. The Balaban J connectivity index is 1.73. The molecule has 3 nitrogen and oxygen atoms in total. The first kappa shape index (κ1) is 22.1. The lowest BCUT2D eigenvalue weighted by Crippen LogP contribution is -2.36. The van der Waals surface area contributed by atoms with Crippen molar-refractivity contribution in [1.82, 2.24) is 0 Å². The lowest BCUT2D eigenvalue weighted by molar-refractivity contribution is -0.120. The summed E-state index contributed by atoms with van der Waals surface area (Å²) in [6.07, 6.45) is 2.69. The second-order valence-electron chi connectivity index (χ2n) is 8.77. The Morgan fingerprint density at radius 3 is 2.53 bits per heavy atom. The fourth-order valence-electron chi connectivity index (χ4n) is 4.48. The smallest absolute Gasteiger partial charge is 0.234 e. The van der Waals surface area contributed by atoms with E-state index in [1.807, 2.05) is 30.3 Å². The molecule has 0 saturated heterocycles. The number of nitrogens with zero attached hydrogens (tertiary/aromatic N) is 1. The Morgan fingerprint density at radius 1 is 1.09 bits per heavy atom. The van der Waals surface area contributed by atoms with Gasteiger partial charge in [-0.25, -0.2) is 4.39 Å².